The highest BCUT2D eigenvalue weighted by Gasteiger charge is 2.43. The number of halogens is 2. The number of aromatic nitrogens is 4. The Morgan fingerprint density at radius 1 is 1.13 bits per heavy atom. The molecule has 3 rings (SSSR count). The molecular weight excluding hydrogens is 532 g/mol. The van der Waals surface area contributed by atoms with Gasteiger partial charge >= 0.3 is 23.5 Å². The molecule has 174 valence electrons. The number of phosphoric ester groups is 1. The van der Waals surface area contributed by atoms with E-state index in [1.54, 1.807) is 0 Å². The van der Waals surface area contributed by atoms with Gasteiger partial charge in [-0.25, -0.2) is 23.7 Å². The predicted molar refractivity (Wildman–Crippen MR) is 99.7 cm³/mol. The Morgan fingerprint density at radius 2 is 1.81 bits per heavy atom. The van der Waals surface area contributed by atoms with E-state index >= 15 is 0 Å². The lowest BCUT2D eigenvalue weighted by molar-refractivity contribution is -0.0423. The highest BCUT2D eigenvalue weighted by Crippen LogP contribution is 2.66. The summed E-state index contributed by atoms with van der Waals surface area (Å²) in [5.41, 5.74) is 0.400. The van der Waals surface area contributed by atoms with Gasteiger partial charge in [-0.2, -0.15) is 13.6 Å². The summed E-state index contributed by atoms with van der Waals surface area (Å²) in [6, 6.07) is 0. The first-order valence-corrected chi connectivity index (χ1v) is 13.1. The van der Waals surface area contributed by atoms with Crippen molar-refractivity contribution < 1.29 is 56.3 Å². The molecule has 31 heavy (non-hydrogen) atoms. The molecule has 2 unspecified atom stereocenters. The molecule has 0 amide bonds. The third kappa shape index (κ3) is 6.50. The maximum Gasteiger partial charge on any atom is 0.490 e. The summed E-state index contributed by atoms with van der Waals surface area (Å²) < 4.78 is 52.3. The van der Waals surface area contributed by atoms with Gasteiger partial charge in [0.2, 0.25) is 5.28 Å². The molecule has 2 aromatic heterocycles. The molecule has 0 aromatic carbocycles. The van der Waals surface area contributed by atoms with Gasteiger partial charge in [-0.15, -0.1) is 0 Å². The molecule has 1 saturated heterocycles. The largest absolute Gasteiger partial charge is 0.490 e. The molecule has 1 aliphatic rings. The Morgan fingerprint density at radius 3 is 2.45 bits per heavy atom. The van der Waals surface area contributed by atoms with Crippen molar-refractivity contribution in [2.75, 3.05) is 6.61 Å². The smallest absolute Gasteiger partial charge is 0.390 e. The van der Waals surface area contributed by atoms with Gasteiger partial charge in [0.05, 0.1) is 19.0 Å². The van der Waals surface area contributed by atoms with Crippen molar-refractivity contribution in [1.29, 1.82) is 0 Å². The van der Waals surface area contributed by atoms with Crippen LogP contribution in [-0.2, 0) is 31.6 Å². The number of aliphatic hydroxyl groups is 1. The third-order valence-electron chi connectivity index (χ3n) is 3.68. The molecule has 5 atom stereocenters. The zero-order valence-corrected chi connectivity index (χ0v) is 18.9. The summed E-state index contributed by atoms with van der Waals surface area (Å²) in [4.78, 5) is 47.3. The van der Waals surface area contributed by atoms with Gasteiger partial charge in [-0.05, 0) is 11.6 Å². The second-order valence-electron chi connectivity index (χ2n) is 5.93. The number of imidazole rings is 1. The van der Waals surface area contributed by atoms with Crippen molar-refractivity contribution in [3.8, 4) is 0 Å². The maximum atomic E-state index is 11.8. The lowest BCUT2D eigenvalue weighted by Gasteiger charge is -2.19. The average molecular weight is 545 g/mol. The molecule has 2 aromatic rings. The minimum Gasteiger partial charge on any atom is -0.390 e. The van der Waals surface area contributed by atoms with Gasteiger partial charge in [0, 0.05) is 6.42 Å². The van der Waals surface area contributed by atoms with Crippen molar-refractivity contribution in [3.63, 3.8) is 0 Å². The monoisotopic (exact) mass is 544 g/mol. The first-order valence-electron chi connectivity index (χ1n) is 7.83. The van der Waals surface area contributed by atoms with E-state index in [2.05, 4.69) is 28.1 Å². The summed E-state index contributed by atoms with van der Waals surface area (Å²) >= 11 is 11.7. The van der Waals surface area contributed by atoms with Crippen molar-refractivity contribution in [1.82, 2.24) is 19.5 Å². The van der Waals surface area contributed by atoms with Crippen LogP contribution in [0.4, 0.5) is 0 Å². The van der Waals surface area contributed by atoms with Crippen LogP contribution in [0.15, 0.2) is 6.33 Å². The average Bonchev–Trinajstić information content (AvgIpc) is 3.13. The minimum absolute atomic E-state index is 0.0171. The van der Waals surface area contributed by atoms with Crippen molar-refractivity contribution in [2.45, 2.75) is 24.9 Å². The van der Waals surface area contributed by atoms with E-state index in [1.165, 1.54) is 10.9 Å². The molecule has 0 bridgehead atoms. The summed E-state index contributed by atoms with van der Waals surface area (Å²) in [5, 5.41) is 9.97. The number of ether oxygens (including phenoxy) is 1. The van der Waals surface area contributed by atoms with Crippen molar-refractivity contribution in [3.05, 3.63) is 16.8 Å². The Kier molecular flexibility index (Phi) is 7.29. The zero-order valence-electron chi connectivity index (χ0n) is 14.7. The predicted octanol–water partition coefficient (Wildman–Crippen LogP) is 1.12. The number of hydrogen-bond acceptors (Lipinski definition) is 11. The van der Waals surface area contributed by atoms with Crippen molar-refractivity contribution in [2.24, 2.45) is 0 Å². The van der Waals surface area contributed by atoms with Crippen LogP contribution in [-0.4, -0.2) is 63.0 Å². The number of nitrogens with zero attached hydrogens (tertiary/aromatic N) is 4. The van der Waals surface area contributed by atoms with Crippen LogP contribution in [0.3, 0.4) is 0 Å². The van der Waals surface area contributed by atoms with Crippen LogP contribution in [0.5, 0.6) is 0 Å². The summed E-state index contributed by atoms with van der Waals surface area (Å²) in [5.74, 6) is 0. The molecule has 0 spiro atoms. The number of hydrogen-bond donors (Lipinski definition) is 5. The fourth-order valence-electron chi connectivity index (χ4n) is 2.57. The lowest BCUT2D eigenvalue weighted by Crippen LogP contribution is -2.26. The standard InChI is InChI=1S/C10H13Cl2N4O12P3/c11-8-7-9(15-10(12)14-8)16(3-13-7)6-1-4(17)5(26-6)2-25-30(21,22)28-31(23,24)27-29(18,19)20/h3-6,17H,1-2H2,(H,21,22)(H,23,24)(H2,18,19,20)/t4-,5-,6-/m1/s1. The Balaban J connectivity index is 1.66. The van der Waals surface area contributed by atoms with Gasteiger partial charge in [0.1, 0.15) is 17.8 Å². The quantitative estimate of drug-likeness (QED) is 0.178. The summed E-state index contributed by atoms with van der Waals surface area (Å²) in [6.07, 6.45) is -2.09. The molecule has 16 nitrogen and oxygen atoms in total. The SMILES string of the molecule is O=P(O)(O)OP(=O)(O)OP(=O)(O)OC[C@H]1O[C@@H](n2cnc3c(Cl)nc(Cl)nc32)C[C@H]1O. The molecule has 0 aliphatic carbocycles. The molecule has 3 heterocycles. The van der Waals surface area contributed by atoms with Crippen LogP contribution in [0, 0.1) is 0 Å². The highest BCUT2D eigenvalue weighted by atomic mass is 35.5. The van der Waals surface area contributed by atoms with Crippen LogP contribution in [0.25, 0.3) is 11.2 Å². The van der Waals surface area contributed by atoms with Gasteiger partial charge in [0.15, 0.2) is 10.8 Å². The summed E-state index contributed by atoms with van der Waals surface area (Å²) in [6.45, 7) is -0.815. The Hall–Kier alpha value is -0.540. The molecule has 5 N–H and O–H groups in total. The number of aliphatic hydroxyl groups excluding tert-OH is 1. The van der Waals surface area contributed by atoms with Crippen LogP contribution in [0.2, 0.25) is 10.4 Å². The van der Waals surface area contributed by atoms with E-state index in [0.29, 0.717) is 0 Å². The molecule has 0 radical (unpaired) electrons. The number of fused-ring (bicyclic) bond motifs is 1. The lowest BCUT2D eigenvalue weighted by atomic mass is 10.2. The van der Waals surface area contributed by atoms with Gasteiger partial charge in [0.25, 0.3) is 0 Å². The third-order valence-corrected chi connectivity index (χ3v) is 7.92. The first-order chi connectivity index (χ1) is 14.2. The Labute approximate surface area is 182 Å². The van der Waals surface area contributed by atoms with E-state index in [1.807, 2.05) is 0 Å². The van der Waals surface area contributed by atoms with Gasteiger partial charge < -0.3 is 29.4 Å². The molecule has 21 heteroatoms. The van der Waals surface area contributed by atoms with Crippen LogP contribution >= 0.6 is 46.7 Å². The van der Waals surface area contributed by atoms with E-state index in [4.69, 9.17) is 42.6 Å². The van der Waals surface area contributed by atoms with Gasteiger partial charge in [-0.3, -0.25) is 9.09 Å². The Bertz CT molecular complexity index is 1130. The normalized spacial score (nSPS) is 26.1. The van der Waals surface area contributed by atoms with Crippen LogP contribution < -0.4 is 0 Å². The second kappa shape index (κ2) is 9.01. The second-order valence-corrected chi connectivity index (χ2v) is 11.0. The van der Waals surface area contributed by atoms with E-state index in [0.717, 1.165) is 0 Å². The van der Waals surface area contributed by atoms with E-state index < -0.39 is 48.5 Å². The highest BCUT2D eigenvalue weighted by molar-refractivity contribution is 7.66. The van der Waals surface area contributed by atoms with Crippen LogP contribution in [0.1, 0.15) is 12.6 Å². The number of phosphoric acid groups is 3. The summed E-state index contributed by atoms with van der Waals surface area (Å²) in [7, 11) is -16.5. The van der Waals surface area contributed by atoms with Crippen molar-refractivity contribution >= 4 is 57.8 Å². The molecule has 1 fully saturated rings. The molecular formula is C10H13Cl2N4O12P3. The van der Waals surface area contributed by atoms with E-state index in [9.17, 15) is 23.7 Å². The fraction of sp³-hybridized carbons (Fsp3) is 0.500. The topological polar surface area (TPSA) is 233 Å². The van der Waals surface area contributed by atoms with E-state index in [-0.39, 0.29) is 28.0 Å². The zero-order chi connectivity index (χ0) is 23.2. The number of rotatable bonds is 8. The maximum absolute atomic E-state index is 11.8. The first kappa shape index (κ1) is 25.1. The molecule has 0 saturated carbocycles. The van der Waals surface area contributed by atoms with Gasteiger partial charge in [-0.1, -0.05) is 11.6 Å². The molecule has 1 aliphatic heterocycles. The minimum atomic E-state index is -5.66. The fourth-order valence-corrected chi connectivity index (χ4v) is 6.03.